The fourth-order valence-corrected chi connectivity index (χ4v) is 7.11. The highest BCUT2D eigenvalue weighted by Crippen LogP contribution is 2.55. The summed E-state index contributed by atoms with van der Waals surface area (Å²) in [4.78, 5) is 18.8. The number of halogens is 3. The van der Waals surface area contributed by atoms with Crippen molar-refractivity contribution in [3.05, 3.63) is 142 Å². The van der Waals surface area contributed by atoms with Gasteiger partial charge in [-0.15, -0.1) is 0 Å². The molecule has 8 heterocycles. The summed E-state index contributed by atoms with van der Waals surface area (Å²) in [5.74, 6) is 1.32. The van der Waals surface area contributed by atoms with Crippen LogP contribution >= 0.6 is 23.2 Å². The van der Waals surface area contributed by atoms with Gasteiger partial charge in [-0.1, -0.05) is 30.6 Å². The molecule has 10 rings (SSSR count). The summed E-state index contributed by atoms with van der Waals surface area (Å²) in [5, 5.41) is 1.35. The third-order valence-corrected chi connectivity index (χ3v) is 10.2. The summed E-state index contributed by atoms with van der Waals surface area (Å²) in [7, 11) is 0. The maximum atomic E-state index is 13.3. The number of pyridine rings is 4. The summed E-state index contributed by atoms with van der Waals surface area (Å²) in [5.41, 5.74) is 10.1. The van der Waals surface area contributed by atoms with Crippen LogP contribution in [0.3, 0.4) is 0 Å². The van der Waals surface area contributed by atoms with Gasteiger partial charge in [0.15, 0.2) is 11.3 Å². The zero-order chi connectivity index (χ0) is 32.0. The Morgan fingerprint density at radius 3 is 1.60 bits per heavy atom. The van der Waals surface area contributed by atoms with Gasteiger partial charge in [0.2, 0.25) is 0 Å². The van der Waals surface area contributed by atoms with Gasteiger partial charge < -0.3 is 17.6 Å². The average Bonchev–Trinajstić information content (AvgIpc) is 3.75. The van der Waals surface area contributed by atoms with E-state index in [4.69, 9.17) is 38.2 Å². The van der Waals surface area contributed by atoms with Crippen molar-refractivity contribution in [2.24, 2.45) is 0 Å². The van der Waals surface area contributed by atoms with Gasteiger partial charge in [-0.2, -0.15) is 0 Å². The highest BCUT2D eigenvalue weighted by atomic mass is 35.5. The zero-order valence-corrected chi connectivity index (χ0v) is 27.1. The molecule has 11 heteroatoms. The largest absolute Gasteiger partial charge is 0.307 e. The molecule has 8 nitrogen and oxygen atoms in total. The maximum Gasteiger partial charge on any atom is 0.155 e. The number of aromatic nitrogens is 8. The molecule has 8 aromatic rings. The molecule has 0 aromatic carbocycles. The van der Waals surface area contributed by atoms with E-state index in [9.17, 15) is 4.39 Å². The van der Waals surface area contributed by atoms with Gasteiger partial charge in [0, 0.05) is 79.3 Å². The summed E-state index contributed by atoms with van der Waals surface area (Å²) in [6, 6.07) is 12.6. The molecule has 48 heavy (non-hydrogen) atoms. The second kappa shape index (κ2) is 11.5. The standard InChI is InChI=1S/C19H17FN4.C17H12Cl2N4.CH4/c1-11-3-5-24-10-17(22-19(24)12(11)2)15-8-14(15)16-9-23-6-4-13(20)7-18(23)21-16;18-12-3-1-5-22-8-14(20-16(12)22)10-7-11(10)15-9-23-6-2-4-13(19)17(23)21-15;/h3-7,9-10,14-15H,8H2,1-2H3;1-6,8-11H,7H2;1H4. The number of imidazole rings is 4. The molecule has 0 bridgehead atoms. The van der Waals surface area contributed by atoms with E-state index in [-0.39, 0.29) is 13.2 Å². The molecule has 4 atom stereocenters. The first-order valence-corrected chi connectivity index (χ1v) is 16.4. The molecule has 4 unspecified atom stereocenters. The van der Waals surface area contributed by atoms with Crippen molar-refractivity contribution in [1.82, 2.24) is 37.5 Å². The summed E-state index contributed by atoms with van der Waals surface area (Å²) in [6.07, 6.45) is 18.1. The summed E-state index contributed by atoms with van der Waals surface area (Å²) < 4.78 is 21.3. The molecule has 8 aromatic heterocycles. The van der Waals surface area contributed by atoms with Crippen molar-refractivity contribution >= 4 is 45.8 Å². The van der Waals surface area contributed by atoms with Gasteiger partial charge in [-0.05, 0) is 74.2 Å². The Bertz CT molecular complexity index is 2410. The number of rotatable bonds is 4. The van der Waals surface area contributed by atoms with Crippen LogP contribution in [0.25, 0.3) is 22.6 Å². The normalized spacial score (nSPS) is 19.9. The number of fused-ring (bicyclic) bond motifs is 4. The predicted molar refractivity (Wildman–Crippen MR) is 187 cm³/mol. The predicted octanol–water partition coefficient (Wildman–Crippen LogP) is 9.21. The zero-order valence-electron chi connectivity index (χ0n) is 25.6. The minimum atomic E-state index is -0.252. The molecule has 0 aliphatic heterocycles. The van der Waals surface area contributed by atoms with E-state index in [2.05, 4.69) is 54.1 Å². The van der Waals surface area contributed by atoms with E-state index in [1.165, 1.54) is 23.3 Å². The van der Waals surface area contributed by atoms with E-state index in [0.717, 1.165) is 52.6 Å². The van der Waals surface area contributed by atoms with Crippen LogP contribution < -0.4 is 0 Å². The Balaban J connectivity index is 0.000000137. The van der Waals surface area contributed by atoms with E-state index < -0.39 is 0 Å². The van der Waals surface area contributed by atoms with Crippen LogP contribution in [0.15, 0.2) is 92.0 Å². The molecule has 2 aliphatic carbocycles. The third-order valence-electron chi connectivity index (χ3n) is 9.61. The van der Waals surface area contributed by atoms with Gasteiger partial charge in [-0.25, -0.2) is 24.3 Å². The van der Waals surface area contributed by atoms with Crippen LogP contribution in [0, 0.1) is 19.7 Å². The molecule has 0 amide bonds. The minimum absolute atomic E-state index is 0. The maximum absolute atomic E-state index is 13.3. The number of aryl methyl sites for hydroxylation is 2. The van der Waals surface area contributed by atoms with E-state index in [1.807, 2.05) is 56.1 Å². The van der Waals surface area contributed by atoms with E-state index >= 15 is 0 Å². The molecule has 0 spiro atoms. The van der Waals surface area contributed by atoms with Gasteiger partial charge >= 0.3 is 0 Å². The van der Waals surface area contributed by atoms with Crippen LogP contribution in [0.5, 0.6) is 0 Å². The van der Waals surface area contributed by atoms with Crippen molar-refractivity contribution in [2.75, 3.05) is 0 Å². The van der Waals surface area contributed by atoms with Crippen molar-refractivity contribution in [3.8, 4) is 0 Å². The van der Waals surface area contributed by atoms with Crippen LogP contribution in [0.2, 0.25) is 10.0 Å². The van der Waals surface area contributed by atoms with Crippen molar-refractivity contribution < 1.29 is 4.39 Å². The fraction of sp³-hybridized carbons (Fsp3) is 0.243. The van der Waals surface area contributed by atoms with Crippen molar-refractivity contribution in [1.29, 1.82) is 0 Å². The van der Waals surface area contributed by atoms with Gasteiger partial charge in [0.25, 0.3) is 0 Å². The van der Waals surface area contributed by atoms with Crippen LogP contribution in [0.4, 0.5) is 4.39 Å². The molecular weight excluding hydrogens is 646 g/mol. The average molecular weight is 680 g/mol. The minimum Gasteiger partial charge on any atom is -0.307 e. The van der Waals surface area contributed by atoms with Crippen LogP contribution in [-0.4, -0.2) is 37.5 Å². The Kier molecular flexibility index (Phi) is 7.30. The lowest BCUT2D eigenvalue weighted by atomic mass is 10.2. The number of nitrogens with zero attached hydrogens (tertiary/aromatic N) is 8. The first-order valence-electron chi connectivity index (χ1n) is 15.7. The first-order chi connectivity index (χ1) is 22.8. The van der Waals surface area contributed by atoms with Crippen LogP contribution in [0.1, 0.15) is 77.8 Å². The lowest BCUT2D eigenvalue weighted by molar-refractivity contribution is 0.626. The van der Waals surface area contributed by atoms with Gasteiger partial charge in [0.05, 0.1) is 32.8 Å². The van der Waals surface area contributed by atoms with Gasteiger partial charge in [0.1, 0.15) is 17.1 Å². The van der Waals surface area contributed by atoms with Gasteiger partial charge in [-0.3, -0.25) is 0 Å². The molecule has 2 fully saturated rings. The second-order valence-electron chi connectivity index (χ2n) is 12.7. The van der Waals surface area contributed by atoms with E-state index in [0.29, 0.717) is 39.4 Å². The molecule has 2 saturated carbocycles. The first kappa shape index (κ1) is 30.6. The van der Waals surface area contributed by atoms with Crippen LogP contribution in [-0.2, 0) is 0 Å². The molecule has 0 radical (unpaired) electrons. The molecular formula is C37H33Cl2FN8. The Morgan fingerprint density at radius 1 is 0.604 bits per heavy atom. The van der Waals surface area contributed by atoms with Crippen molar-refractivity contribution in [3.63, 3.8) is 0 Å². The Labute approximate surface area is 286 Å². The Hall–Kier alpha value is -4.73. The number of hydrogen-bond acceptors (Lipinski definition) is 4. The summed E-state index contributed by atoms with van der Waals surface area (Å²) in [6.45, 7) is 4.22. The molecule has 242 valence electrons. The lowest BCUT2D eigenvalue weighted by Gasteiger charge is -2.00. The van der Waals surface area contributed by atoms with Crippen molar-refractivity contribution in [2.45, 2.75) is 57.8 Å². The molecule has 2 aliphatic rings. The third kappa shape index (κ3) is 5.22. The lowest BCUT2D eigenvalue weighted by Crippen LogP contribution is -1.89. The summed E-state index contributed by atoms with van der Waals surface area (Å²) >= 11 is 12.4. The Morgan fingerprint density at radius 2 is 1.06 bits per heavy atom. The highest BCUT2D eigenvalue weighted by Gasteiger charge is 2.44. The monoisotopic (exact) mass is 678 g/mol. The molecule has 0 N–H and O–H groups in total. The second-order valence-corrected chi connectivity index (χ2v) is 13.5. The smallest absolute Gasteiger partial charge is 0.155 e. The van der Waals surface area contributed by atoms with E-state index in [1.54, 1.807) is 6.20 Å². The number of hydrogen-bond donors (Lipinski definition) is 0. The fourth-order valence-electron chi connectivity index (χ4n) is 6.68. The topological polar surface area (TPSA) is 69.2 Å². The highest BCUT2D eigenvalue weighted by molar-refractivity contribution is 6.33. The molecule has 0 saturated heterocycles. The quantitative estimate of drug-likeness (QED) is 0.186. The SMILES string of the molecule is C.Cc1ccn2cc(C3CC3c3cn4ccc(F)cc4n3)nc2c1C.Clc1cccn2cc(C3CC3c3cn4cccc(Cl)c4n3)nc12.